The lowest BCUT2D eigenvalue weighted by Crippen LogP contribution is -2.21. The van der Waals surface area contributed by atoms with E-state index in [0.29, 0.717) is 5.02 Å². The fraction of sp³-hybridized carbons (Fsp3) is 0.250. The van der Waals surface area contributed by atoms with Crippen LogP contribution >= 0.6 is 34.8 Å². The van der Waals surface area contributed by atoms with Gasteiger partial charge in [0.05, 0.1) is 10.0 Å². The fourth-order valence-corrected chi connectivity index (χ4v) is 1.99. The summed E-state index contributed by atoms with van der Waals surface area (Å²) in [5, 5.41) is 0.875. The van der Waals surface area contributed by atoms with E-state index < -0.39 is 12.3 Å². The highest BCUT2D eigenvalue weighted by Crippen LogP contribution is 2.36. The summed E-state index contributed by atoms with van der Waals surface area (Å²) in [5.41, 5.74) is 0.277. The number of esters is 1. The lowest BCUT2D eigenvalue weighted by atomic mass is 10.3. The quantitative estimate of drug-likeness (QED) is 0.467. The number of halogens is 3. The van der Waals surface area contributed by atoms with Crippen LogP contribution in [0.5, 0.6) is 5.75 Å². The first kappa shape index (κ1) is 15.2. The second-order valence-corrected chi connectivity index (χ2v) is 4.82. The van der Waals surface area contributed by atoms with Gasteiger partial charge in [-0.3, -0.25) is 0 Å². The predicted molar refractivity (Wildman–Crippen MR) is 72.5 cm³/mol. The summed E-state index contributed by atoms with van der Waals surface area (Å²) in [6, 6.07) is 2.97. The molecule has 3 nitrogen and oxygen atoms in total. The number of benzene rings is 1. The first-order chi connectivity index (χ1) is 8.31. The zero-order chi connectivity index (χ0) is 13.9. The molecule has 1 unspecified atom stereocenters. The normalized spacial score (nSPS) is 11.8. The lowest BCUT2D eigenvalue weighted by Gasteiger charge is -2.17. The molecule has 0 saturated carbocycles. The van der Waals surface area contributed by atoms with Crippen LogP contribution in [-0.2, 0) is 9.53 Å². The topological polar surface area (TPSA) is 35.5 Å². The number of hydrogen-bond donors (Lipinski definition) is 0. The Morgan fingerprint density at radius 2 is 1.78 bits per heavy atom. The molecule has 0 spiro atoms. The molecule has 1 aromatic rings. The minimum absolute atomic E-state index is 0.213. The fourth-order valence-electron chi connectivity index (χ4n) is 1.08. The highest BCUT2D eigenvalue weighted by molar-refractivity contribution is 6.40. The molecule has 0 aliphatic carbocycles. The van der Waals surface area contributed by atoms with Crippen LogP contribution in [0.2, 0.25) is 15.1 Å². The minimum atomic E-state index is -0.842. The van der Waals surface area contributed by atoms with Crippen molar-refractivity contribution in [2.75, 3.05) is 0 Å². The van der Waals surface area contributed by atoms with E-state index in [2.05, 4.69) is 6.58 Å². The van der Waals surface area contributed by atoms with Crippen LogP contribution in [-0.4, -0.2) is 12.3 Å². The highest BCUT2D eigenvalue weighted by Gasteiger charge is 2.16. The highest BCUT2D eigenvalue weighted by atomic mass is 35.5. The summed E-state index contributed by atoms with van der Waals surface area (Å²) in [6.07, 6.45) is -0.842. The van der Waals surface area contributed by atoms with Crippen molar-refractivity contribution in [3.8, 4) is 5.75 Å². The van der Waals surface area contributed by atoms with Crippen molar-refractivity contribution >= 4 is 40.8 Å². The van der Waals surface area contributed by atoms with Gasteiger partial charge < -0.3 is 9.47 Å². The van der Waals surface area contributed by atoms with Gasteiger partial charge in [-0.2, -0.15) is 0 Å². The van der Waals surface area contributed by atoms with E-state index in [-0.39, 0.29) is 21.4 Å². The third-order valence-corrected chi connectivity index (χ3v) is 2.65. The maximum atomic E-state index is 11.3. The number of hydrogen-bond acceptors (Lipinski definition) is 3. The standard InChI is InChI=1S/C12H11Cl3O3/c1-6(2)12(16)18-7(3)17-11-9(14)4-8(13)5-10(11)15/h4-5,7H,1H2,2-3H3. The van der Waals surface area contributed by atoms with Gasteiger partial charge in [0.15, 0.2) is 5.75 Å². The third kappa shape index (κ3) is 4.09. The Kier molecular flexibility index (Phi) is 5.32. The Morgan fingerprint density at radius 1 is 1.28 bits per heavy atom. The first-order valence-electron chi connectivity index (χ1n) is 4.99. The van der Waals surface area contributed by atoms with Gasteiger partial charge in [0.2, 0.25) is 6.29 Å². The molecule has 1 rings (SSSR count). The van der Waals surface area contributed by atoms with Gasteiger partial charge in [-0.05, 0) is 19.1 Å². The Bertz CT molecular complexity index is 462. The van der Waals surface area contributed by atoms with Crippen LogP contribution in [0.15, 0.2) is 24.3 Å². The molecule has 6 heteroatoms. The molecule has 0 aromatic heterocycles. The molecule has 1 aromatic carbocycles. The molecular weight excluding hydrogens is 298 g/mol. The molecule has 18 heavy (non-hydrogen) atoms. The molecule has 0 fully saturated rings. The van der Waals surface area contributed by atoms with Crippen molar-refractivity contribution in [1.82, 2.24) is 0 Å². The van der Waals surface area contributed by atoms with E-state index in [1.54, 1.807) is 6.92 Å². The molecule has 1 atom stereocenters. The van der Waals surface area contributed by atoms with Gasteiger partial charge in [0, 0.05) is 17.5 Å². The SMILES string of the molecule is C=C(C)C(=O)OC(C)Oc1c(Cl)cc(Cl)cc1Cl. The maximum Gasteiger partial charge on any atom is 0.336 e. The van der Waals surface area contributed by atoms with Crippen LogP contribution in [0.4, 0.5) is 0 Å². The van der Waals surface area contributed by atoms with Crippen LogP contribution < -0.4 is 4.74 Å². The molecule has 0 radical (unpaired) electrons. The molecular formula is C12H11Cl3O3. The number of rotatable bonds is 4. The first-order valence-corrected chi connectivity index (χ1v) is 6.12. The Balaban J connectivity index is 2.79. The van der Waals surface area contributed by atoms with Crippen molar-refractivity contribution in [1.29, 1.82) is 0 Å². The van der Waals surface area contributed by atoms with Crippen LogP contribution in [0.3, 0.4) is 0 Å². The average Bonchev–Trinajstić information content (AvgIpc) is 2.23. The number of ether oxygens (including phenoxy) is 2. The van der Waals surface area contributed by atoms with Crippen molar-refractivity contribution in [2.24, 2.45) is 0 Å². The van der Waals surface area contributed by atoms with E-state index in [9.17, 15) is 4.79 Å². The molecule has 0 saturated heterocycles. The third-order valence-electron chi connectivity index (χ3n) is 1.87. The van der Waals surface area contributed by atoms with Crippen molar-refractivity contribution in [3.05, 3.63) is 39.4 Å². The molecule has 98 valence electrons. The summed E-state index contributed by atoms with van der Waals surface area (Å²) in [4.78, 5) is 11.3. The molecule has 0 amide bonds. The predicted octanol–water partition coefficient (Wildman–Crippen LogP) is 4.49. The molecule has 0 heterocycles. The van der Waals surface area contributed by atoms with Crippen LogP contribution in [0.25, 0.3) is 0 Å². The van der Waals surface area contributed by atoms with E-state index in [1.807, 2.05) is 0 Å². The van der Waals surface area contributed by atoms with Crippen molar-refractivity contribution in [2.45, 2.75) is 20.1 Å². The lowest BCUT2D eigenvalue weighted by molar-refractivity contribution is -0.156. The summed E-state index contributed by atoms with van der Waals surface area (Å²) in [6.45, 7) is 6.54. The molecule has 0 aliphatic rings. The van der Waals surface area contributed by atoms with Gasteiger partial charge in [-0.25, -0.2) is 4.79 Å². The van der Waals surface area contributed by atoms with E-state index in [4.69, 9.17) is 44.3 Å². The largest absolute Gasteiger partial charge is 0.452 e. The van der Waals surface area contributed by atoms with Crippen LogP contribution in [0.1, 0.15) is 13.8 Å². The zero-order valence-corrected chi connectivity index (χ0v) is 12.1. The summed E-state index contributed by atoms with van der Waals surface area (Å²) in [7, 11) is 0. The van der Waals surface area contributed by atoms with Crippen LogP contribution in [0, 0.1) is 0 Å². The second-order valence-electron chi connectivity index (χ2n) is 3.57. The molecule has 0 N–H and O–H groups in total. The van der Waals surface area contributed by atoms with Crippen molar-refractivity contribution < 1.29 is 14.3 Å². The molecule has 0 bridgehead atoms. The molecule has 0 aliphatic heterocycles. The van der Waals surface area contributed by atoms with E-state index in [1.165, 1.54) is 19.1 Å². The van der Waals surface area contributed by atoms with Crippen molar-refractivity contribution in [3.63, 3.8) is 0 Å². The maximum absolute atomic E-state index is 11.3. The summed E-state index contributed by atoms with van der Waals surface area (Å²) < 4.78 is 10.3. The Morgan fingerprint density at radius 3 is 2.22 bits per heavy atom. The average molecular weight is 310 g/mol. The van der Waals surface area contributed by atoms with Gasteiger partial charge in [0.1, 0.15) is 0 Å². The van der Waals surface area contributed by atoms with E-state index >= 15 is 0 Å². The zero-order valence-electron chi connectivity index (χ0n) is 9.80. The van der Waals surface area contributed by atoms with Gasteiger partial charge in [-0.15, -0.1) is 0 Å². The monoisotopic (exact) mass is 308 g/mol. The Hall–Kier alpha value is -0.900. The van der Waals surface area contributed by atoms with Gasteiger partial charge in [0.25, 0.3) is 0 Å². The smallest absolute Gasteiger partial charge is 0.336 e. The van der Waals surface area contributed by atoms with E-state index in [0.717, 1.165) is 0 Å². The summed E-state index contributed by atoms with van der Waals surface area (Å²) in [5.74, 6) is -0.339. The second kappa shape index (κ2) is 6.32. The van der Waals surface area contributed by atoms with Gasteiger partial charge in [-0.1, -0.05) is 41.4 Å². The van der Waals surface area contributed by atoms with Gasteiger partial charge >= 0.3 is 5.97 Å². The Labute approximate surface area is 120 Å². The minimum Gasteiger partial charge on any atom is -0.452 e. The number of carbonyl (C=O) groups excluding carboxylic acids is 1. The number of carbonyl (C=O) groups is 1. The summed E-state index contributed by atoms with van der Waals surface area (Å²) >= 11 is 17.6.